The van der Waals surface area contributed by atoms with E-state index in [1.54, 1.807) is 24.3 Å². The van der Waals surface area contributed by atoms with Gasteiger partial charge in [0.1, 0.15) is 0 Å². The predicted molar refractivity (Wildman–Crippen MR) is 101 cm³/mol. The summed E-state index contributed by atoms with van der Waals surface area (Å²) in [5, 5.41) is 0. The Labute approximate surface area is 151 Å². The molecule has 1 aliphatic heterocycles. The first-order valence-electron chi connectivity index (χ1n) is 8.84. The molecule has 4 nitrogen and oxygen atoms in total. The average molecular weight is 372 g/mol. The Kier molecular flexibility index (Phi) is 8.59. The number of rotatable bonds is 11. The van der Waals surface area contributed by atoms with E-state index in [0.29, 0.717) is 0 Å². The maximum absolute atomic E-state index is 12.0. The largest absolute Gasteiger partial charge is 0.296 e. The molecule has 6 heteroatoms. The van der Waals surface area contributed by atoms with Crippen LogP contribution in [-0.2, 0) is 14.3 Å². The van der Waals surface area contributed by atoms with Gasteiger partial charge in [-0.25, -0.2) is 0 Å². The minimum absolute atomic E-state index is 0.244. The van der Waals surface area contributed by atoms with Crippen molar-refractivity contribution in [2.24, 2.45) is 0 Å². The van der Waals surface area contributed by atoms with Crippen LogP contribution in [0.5, 0.6) is 0 Å². The molecule has 0 aromatic heterocycles. The Hall–Kier alpha value is -0.560. The first-order valence-corrected chi connectivity index (χ1v) is 11.4. The number of hydrogen-bond donors (Lipinski definition) is 0. The molecule has 0 atom stereocenters. The molecule has 24 heavy (non-hydrogen) atoms. The van der Waals surface area contributed by atoms with E-state index in [1.165, 1.54) is 44.0 Å². The van der Waals surface area contributed by atoms with Crippen LogP contribution in [0.15, 0.2) is 29.2 Å². The van der Waals surface area contributed by atoms with Crippen molar-refractivity contribution in [2.45, 2.75) is 50.3 Å². The molecule has 0 aliphatic carbocycles. The van der Waals surface area contributed by atoms with Crippen molar-refractivity contribution in [1.29, 1.82) is 0 Å². The molecule has 136 valence electrons. The summed E-state index contributed by atoms with van der Waals surface area (Å²) in [6.45, 7) is 4.69. The van der Waals surface area contributed by atoms with E-state index in [-0.39, 0.29) is 11.5 Å². The second kappa shape index (κ2) is 10.4. The second-order valence-corrected chi connectivity index (χ2v) is 9.06. The Morgan fingerprint density at radius 3 is 2.38 bits per heavy atom. The molecule has 1 fully saturated rings. The van der Waals surface area contributed by atoms with Crippen molar-refractivity contribution in [1.82, 2.24) is 4.90 Å². The van der Waals surface area contributed by atoms with E-state index in [0.717, 1.165) is 24.8 Å². The van der Waals surface area contributed by atoms with Gasteiger partial charge in [-0.15, -0.1) is 11.8 Å². The molecule has 1 aliphatic rings. The van der Waals surface area contributed by atoms with E-state index in [4.69, 9.17) is 4.18 Å². The van der Waals surface area contributed by atoms with Gasteiger partial charge in [-0.3, -0.25) is 9.08 Å². The molecule has 0 bridgehead atoms. The predicted octanol–water partition coefficient (Wildman–Crippen LogP) is 4.05. The Balaban J connectivity index is 1.49. The minimum atomic E-state index is -3.60. The van der Waals surface area contributed by atoms with Gasteiger partial charge >= 0.3 is 0 Å². The summed E-state index contributed by atoms with van der Waals surface area (Å²) in [4.78, 5) is 2.77. The van der Waals surface area contributed by atoms with Crippen LogP contribution in [-0.4, -0.2) is 44.6 Å². The molecule has 0 N–H and O–H groups in total. The molecule has 0 saturated carbocycles. The summed E-state index contributed by atoms with van der Waals surface area (Å²) >= 11 is 2.02. The first kappa shape index (κ1) is 19.8. The molecule has 1 aromatic carbocycles. The molecule has 1 saturated heterocycles. The summed E-state index contributed by atoms with van der Waals surface area (Å²) in [6.07, 6.45) is 6.76. The highest BCUT2D eigenvalue weighted by atomic mass is 32.2. The highest BCUT2D eigenvalue weighted by Gasteiger charge is 2.14. The maximum atomic E-state index is 12.0. The molecule has 1 aromatic rings. The van der Waals surface area contributed by atoms with Gasteiger partial charge in [0.15, 0.2) is 0 Å². The van der Waals surface area contributed by atoms with Gasteiger partial charge in [-0.1, -0.05) is 43.4 Å². The smallest absolute Gasteiger partial charge is 0.293 e. The van der Waals surface area contributed by atoms with Crippen LogP contribution in [0, 0.1) is 6.92 Å². The van der Waals surface area contributed by atoms with E-state index in [2.05, 4.69) is 4.90 Å². The van der Waals surface area contributed by atoms with Gasteiger partial charge in [-0.2, -0.15) is 8.42 Å². The fourth-order valence-electron chi connectivity index (χ4n) is 2.71. The van der Waals surface area contributed by atoms with Crippen molar-refractivity contribution in [3.05, 3.63) is 29.8 Å². The second-order valence-electron chi connectivity index (χ2n) is 6.37. The third kappa shape index (κ3) is 7.13. The van der Waals surface area contributed by atoms with E-state index < -0.39 is 10.1 Å². The van der Waals surface area contributed by atoms with E-state index in [9.17, 15) is 8.42 Å². The van der Waals surface area contributed by atoms with Crippen molar-refractivity contribution in [3.63, 3.8) is 0 Å². The highest BCUT2D eigenvalue weighted by Crippen LogP contribution is 2.16. The lowest BCUT2D eigenvalue weighted by molar-refractivity contribution is 0.305. The lowest BCUT2D eigenvalue weighted by atomic mass is 10.1. The zero-order chi connectivity index (χ0) is 17.3. The fourth-order valence-corrected chi connectivity index (χ4v) is 4.69. The van der Waals surface area contributed by atoms with Crippen LogP contribution in [0.2, 0.25) is 0 Å². The summed E-state index contributed by atoms with van der Waals surface area (Å²) in [7, 11) is -3.60. The third-order valence-corrected chi connectivity index (χ3v) is 6.59. The van der Waals surface area contributed by atoms with Crippen LogP contribution in [0.25, 0.3) is 0 Å². The fraction of sp³-hybridized carbons (Fsp3) is 0.667. The molecule has 0 radical (unpaired) electrons. The monoisotopic (exact) mass is 371 g/mol. The number of benzene rings is 1. The van der Waals surface area contributed by atoms with Gasteiger partial charge in [0, 0.05) is 18.2 Å². The number of aryl methyl sites for hydroxylation is 1. The van der Waals surface area contributed by atoms with Crippen molar-refractivity contribution in [2.75, 3.05) is 31.3 Å². The Morgan fingerprint density at radius 2 is 1.71 bits per heavy atom. The lowest BCUT2D eigenvalue weighted by Crippen LogP contribution is -2.20. The normalized spacial score (nSPS) is 15.9. The van der Waals surface area contributed by atoms with Crippen LogP contribution in [0.4, 0.5) is 0 Å². The summed E-state index contributed by atoms with van der Waals surface area (Å²) in [6, 6.07) is 6.78. The van der Waals surface area contributed by atoms with Crippen LogP contribution < -0.4 is 0 Å². The number of hydrogen-bond acceptors (Lipinski definition) is 5. The molecule has 0 spiro atoms. The van der Waals surface area contributed by atoms with Crippen molar-refractivity contribution >= 4 is 21.9 Å². The van der Waals surface area contributed by atoms with Crippen LogP contribution in [0.3, 0.4) is 0 Å². The van der Waals surface area contributed by atoms with Crippen LogP contribution in [0.1, 0.15) is 44.1 Å². The number of thioether (sulfide) groups is 1. The van der Waals surface area contributed by atoms with Gasteiger partial charge in [0.05, 0.1) is 11.5 Å². The summed E-state index contributed by atoms with van der Waals surface area (Å²) in [5.74, 6) is 2.48. The quantitative estimate of drug-likeness (QED) is 0.434. The van der Waals surface area contributed by atoms with Gasteiger partial charge in [0.2, 0.25) is 0 Å². The van der Waals surface area contributed by atoms with Crippen molar-refractivity contribution < 1.29 is 12.6 Å². The zero-order valence-electron chi connectivity index (χ0n) is 14.6. The SMILES string of the molecule is Cc1ccc(S(=O)(=O)OCCCCCCCCN2CCSC2)cc1. The maximum Gasteiger partial charge on any atom is 0.296 e. The van der Waals surface area contributed by atoms with Gasteiger partial charge in [-0.05, 0) is 38.4 Å². The first-order chi connectivity index (χ1) is 11.6. The Bertz CT molecular complexity index is 566. The molecular weight excluding hydrogens is 342 g/mol. The lowest BCUT2D eigenvalue weighted by Gasteiger charge is -2.12. The average Bonchev–Trinajstić information content (AvgIpc) is 3.07. The zero-order valence-corrected chi connectivity index (χ0v) is 16.2. The summed E-state index contributed by atoms with van der Waals surface area (Å²) < 4.78 is 29.1. The molecular formula is C18H29NO3S2. The van der Waals surface area contributed by atoms with E-state index in [1.807, 2.05) is 18.7 Å². The van der Waals surface area contributed by atoms with Gasteiger partial charge < -0.3 is 0 Å². The molecule has 1 heterocycles. The Morgan fingerprint density at radius 1 is 1.04 bits per heavy atom. The van der Waals surface area contributed by atoms with Gasteiger partial charge in [0.25, 0.3) is 10.1 Å². The number of unbranched alkanes of at least 4 members (excludes halogenated alkanes) is 5. The molecule has 0 amide bonds. The summed E-state index contributed by atoms with van der Waals surface area (Å²) in [5.41, 5.74) is 1.04. The number of nitrogens with zero attached hydrogens (tertiary/aromatic N) is 1. The molecule has 2 rings (SSSR count). The van der Waals surface area contributed by atoms with Crippen molar-refractivity contribution in [3.8, 4) is 0 Å². The molecule has 0 unspecified atom stereocenters. The van der Waals surface area contributed by atoms with Crippen LogP contribution >= 0.6 is 11.8 Å². The highest BCUT2D eigenvalue weighted by molar-refractivity contribution is 7.99. The van der Waals surface area contributed by atoms with E-state index >= 15 is 0 Å². The topological polar surface area (TPSA) is 46.6 Å². The standard InChI is InChI=1S/C18H29NO3S2/c1-17-8-10-18(11-9-17)24(20,21)22-14-7-5-3-2-4-6-12-19-13-15-23-16-19/h8-11H,2-7,12-16H2,1H3. The third-order valence-electron chi connectivity index (χ3n) is 4.24. The minimum Gasteiger partial charge on any atom is -0.293 e.